The summed E-state index contributed by atoms with van der Waals surface area (Å²) in [5.74, 6) is 0.597. The van der Waals surface area contributed by atoms with Crippen LogP contribution in [0.15, 0.2) is 42.5 Å². The van der Waals surface area contributed by atoms with Crippen molar-refractivity contribution in [2.24, 2.45) is 0 Å². The van der Waals surface area contributed by atoms with E-state index in [-0.39, 0.29) is 24.1 Å². The maximum atomic E-state index is 13.9. The molecule has 2 aromatic carbocycles. The first-order valence-corrected chi connectivity index (χ1v) is 10.2. The van der Waals surface area contributed by atoms with Crippen LogP contribution >= 0.6 is 0 Å². The highest BCUT2D eigenvalue weighted by molar-refractivity contribution is 5.50. The second-order valence-electron chi connectivity index (χ2n) is 8.09. The summed E-state index contributed by atoms with van der Waals surface area (Å²) >= 11 is 0. The fourth-order valence-electron chi connectivity index (χ4n) is 4.84. The van der Waals surface area contributed by atoms with E-state index in [2.05, 4.69) is 22.6 Å². The van der Waals surface area contributed by atoms with Crippen LogP contribution in [0.2, 0.25) is 0 Å². The summed E-state index contributed by atoms with van der Waals surface area (Å²) in [6, 6.07) is 13.5. The van der Waals surface area contributed by atoms with Crippen LogP contribution in [-0.2, 0) is 16.9 Å². The first kappa shape index (κ1) is 21.2. The Morgan fingerprint density at radius 3 is 2.57 bits per heavy atom. The molecule has 2 aliphatic rings. The van der Waals surface area contributed by atoms with E-state index in [0.29, 0.717) is 11.3 Å². The highest BCUT2D eigenvalue weighted by atomic mass is 19.4. The molecule has 0 radical (unpaired) electrons. The molecule has 0 bridgehead atoms. The van der Waals surface area contributed by atoms with Crippen molar-refractivity contribution < 1.29 is 22.6 Å². The van der Waals surface area contributed by atoms with Gasteiger partial charge in [0.15, 0.2) is 5.60 Å². The molecule has 4 rings (SSSR count). The molecule has 1 saturated heterocycles. The number of fused-ring (bicyclic) bond motifs is 1. The minimum atomic E-state index is -4.49. The van der Waals surface area contributed by atoms with Crippen molar-refractivity contribution in [3.63, 3.8) is 0 Å². The number of alkyl halides is 3. The zero-order valence-electron chi connectivity index (χ0n) is 17.4. The van der Waals surface area contributed by atoms with Gasteiger partial charge in [-0.25, -0.2) is 5.01 Å². The Morgan fingerprint density at radius 1 is 1.20 bits per heavy atom. The van der Waals surface area contributed by atoms with E-state index >= 15 is 0 Å². The average Bonchev–Trinajstić information content (AvgIpc) is 3.10. The van der Waals surface area contributed by atoms with Crippen molar-refractivity contribution in [3.05, 3.63) is 64.7 Å². The second-order valence-corrected chi connectivity index (χ2v) is 8.09. The average molecular weight is 420 g/mol. The molecule has 3 atom stereocenters. The van der Waals surface area contributed by atoms with Gasteiger partial charge in [0.1, 0.15) is 5.75 Å². The van der Waals surface area contributed by atoms with Crippen LogP contribution in [0.1, 0.15) is 54.0 Å². The molecule has 2 aliphatic heterocycles. The molecule has 1 fully saturated rings. The van der Waals surface area contributed by atoms with Crippen LogP contribution in [0.3, 0.4) is 0 Å². The minimum Gasteiger partial charge on any atom is -0.496 e. The van der Waals surface area contributed by atoms with Gasteiger partial charge in [-0.3, -0.25) is 5.43 Å². The van der Waals surface area contributed by atoms with E-state index in [0.717, 1.165) is 37.4 Å². The third kappa shape index (κ3) is 3.39. The summed E-state index contributed by atoms with van der Waals surface area (Å²) in [6.45, 7) is 1.91. The van der Waals surface area contributed by atoms with Gasteiger partial charge in [0.25, 0.3) is 0 Å². The summed E-state index contributed by atoms with van der Waals surface area (Å²) in [5, 5.41) is 2.16. The summed E-state index contributed by atoms with van der Waals surface area (Å²) in [5.41, 5.74) is 3.61. The summed E-state index contributed by atoms with van der Waals surface area (Å²) in [6.07, 6.45) is -2.70. The van der Waals surface area contributed by atoms with Gasteiger partial charge in [-0.1, -0.05) is 30.3 Å². The Balaban J connectivity index is 1.85. The molecule has 0 unspecified atom stereocenters. The molecule has 0 spiro atoms. The molecule has 4 nitrogen and oxygen atoms in total. The molecule has 0 amide bonds. The molecule has 1 N–H and O–H groups in total. The van der Waals surface area contributed by atoms with Gasteiger partial charge in [-0.15, -0.1) is 0 Å². The largest absolute Gasteiger partial charge is 0.496 e. The van der Waals surface area contributed by atoms with Crippen LogP contribution in [0.5, 0.6) is 5.75 Å². The van der Waals surface area contributed by atoms with Crippen molar-refractivity contribution in [3.8, 4) is 5.75 Å². The lowest BCUT2D eigenvalue weighted by Crippen LogP contribution is -2.45. The predicted octanol–water partition coefficient (Wildman–Crippen LogP) is 5.06. The number of methoxy groups -OCH3 is 1. The lowest BCUT2D eigenvalue weighted by atomic mass is 9.78. The summed E-state index contributed by atoms with van der Waals surface area (Å²) in [4.78, 5) is 0. The van der Waals surface area contributed by atoms with Crippen molar-refractivity contribution in [2.45, 2.75) is 50.1 Å². The maximum Gasteiger partial charge on any atom is 0.421 e. The number of ether oxygens (including phenoxy) is 2. The van der Waals surface area contributed by atoms with Crippen LogP contribution < -0.4 is 10.2 Å². The fraction of sp³-hybridized carbons (Fsp3) is 0.478. The number of hydrazine groups is 1. The Bertz CT molecular complexity index is 903. The molecule has 0 saturated carbocycles. The van der Waals surface area contributed by atoms with Gasteiger partial charge in [0, 0.05) is 12.5 Å². The van der Waals surface area contributed by atoms with E-state index in [1.807, 2.05) is 25.2 Å². The number of rotatable bonds is 4. The fourth-order valence-corrected chi connectivity index (χ4v) is 4.84. The maximum absolute atomic E-state index is 13.9. The number of benzene rings is 2. The van der Waals surface area contributed by atoms with Crippen molar-refractivity contribution in [1.82, 2.24) is 10.4 Å². The number of halogens is 3. The Morgan fingerprint density at radius 2 is 1.93 bits per heavy atom. The normalized spacial score (nSPS) is 27.1. The smallest absolute Gasteiger partial charge is 0.421 e. The van der Waals surface area contributed by atoms with Crippen LogP contribution in [0.4, 0.5) is 13.2 Å². The SMILES string of the molecule is CNN1CCC[C@@H](c2cc3c(cc2OC)CO[C@]3(C)C(F)(F)F)[C@H]1c1ccccc1. The molecular weight excluding hydrogens is 393 g/mol. The quantitative estimate of drug-likeness (QED) is 0.750. The van der Waals surface area contributed by atoms with E-state index in [1.165, 1.54) is 0 Å². The van der Waals surface area contributed by atoms with Gasteiger partial charge in [0.2, 0.25) is 0 Å². The first-order chi connectivity index (χ1) is 14.3. The Kier molecular flexibility index (Phi) is 5.55. The van der Waals surface area contributed by atoms with Crippen LogP contribution in [0, 0.1) is 0 Å². The third-order valence-electron chi connectivity index (χ3n) is 6.49. The van der Waals surface area contributed by atoms with Crippen molar-refractivity contribution in [1.29, 1.82) is 0 Å². The lowest BCUT2D eigenvalue weighted by Gasteiger charge is -2.42. The molecule has 0 aromatic heterocycles. The van der Waals surface area contributed by atoms with Gasteiger partial charge >= 0.3 is 6.18 Å². The number of hydrogen-bond acceptors (Lipinski definition) is 4. The molecular formula is C23H27F3N2O2. The highest BCUT2D eigenvalue weighted by Gasteiger charge is 2.57. The second kappa shape index (κ2) is 7.87. The number of nitrogens with one attached hydrogen (secondary N) is 1. The topological polar surface area (TPSA) is 33.7 Å². The van der Waals surface area contributed by atoms with Gasteiger partial charge in [-0.2, -0.15) is 13.2 Å². The molecule has 2 aromatic rings. The zero-order valence-corrected chi connectivity index (χ0v) is 17.4. The van der Waals surface area contributed by atoms with Gasteiger partial charge < -0.3 is 9.47 Å². The van der Waals surface area contributed by atoms with E-state index in [9.17, 15) is 13.2 Å². The monoisotopic (exact) mass is 420 g/mol. The Labute approximate surface area is 174 Å². The molecule has 0 aliphatic carbocycles. The molecule has 7 heteroatoms. The van der Waals surface area contributed by atoms with Gasteiger partial charge in [0.05, 0.1) is 19.8 Å². The van der Waals surface area contributed by atoms with E-state index < -0.39 is 11.8 Å². The predicted molar refractivity (Wildman–Crippen MR) is 108 cm³/mol. The zero-order chi connectivity index (χ0) is 21.5. The van der Waals surface area contributed by atoms with Crippen LogP contribution in [0.25, 0.3) is 0 Å². The van der Waals surface area contributed by atoms with Crippen molar-refractivity contribution >= 4 is 0 Å². The number of hydrogen-bond donors (Lipinski definition) is 1. The summed E-state index contributed by atoms with van der Waals surface area (Å²) in [7, 11) is 3.45. The minimum absolute atomic E-state index is 0.0173. The Hall–Kier alpha value is -2.09. The standard InChI is InChI=1S/C23H27F3N2O2/c1-22(23(24,25)26)19-13-18(20(29-3)12-16(19)14-30-22)17-10-7-11-28(27-2)21(17)15-8-5-4-6-9-15/h4-6,8-9,12-13,17,21,27H,7,10-11,14H2,1-3H3/t17-,21+,22-/m0/s1. The van der Waals surface area contributed by atoms with E-state index in [1.54, 1.807) is 19.2 Å². The van der Waals surface area contributed by atoms with Crippen molar-refractivity contribution in [2.75, 3.05) is 20.7 Å². The highest BCUT2D eigenvalue weighted by Crippen LogP contribution is 2.52. The third-order valence-corrected chi connectivity index (χ3v) is 6.49. The van der Waals surface area contributed by atoms with E-state index in [4.69, 9.17) is 9.47 Å². The lowest BCUT2D eigenvalue weighted by molar-refractivity contribution is -0.272. The molecule has 2 heterocycles. The number of nitrogens with zero attached hydrogens (tertiary/aromatic N) is 1. The first-order valence-electron chi connectivity index (χ1n) is 10.2. The van der Waals surface area contributed by atoms with Crippen LogP contribution in [-0.4, -0.2) is 31.9 Å². The van der Waals surface area contributed by atoms with Gasteiger partial charge in [-0.05, 0) is 61.2 Å². The number of piperidine rings is 1. The summed E-state index contributed by atoms with van der Waals surface area (Å²) < 4.78 is 52.5. The molecule has 30 heavy (non-hydrogen) atoms. The molecule has 162 valence electrons.